The molecule has 1 heterocycles. The zero-order chi connectivity index (χ0) is 15.4. The van der Waals surface area contributed by atoms with E-state index in [1.807, 2.05) is 32.3 Å². The lowest BCUT2D eigenvalue weighted by Gasteiger charge is -2.12. The van der Waals surface area contributed by atoms with Crippen LogP contribution in [0.5, 0.6) is 0 Å². The molecule has 0 amide bonds. The average Bonchev–Trinajstić information content (AvgIpc) is 2.74. The van der Waals surface area contributed by atoms with E-state index in [1.165, 1.54) is 11.8 Å². The van der Waals surface area contributed by atoms with E-state index in [0.29, 0.717) is 0 Å². The molecule has 1 aromatic heterocycles. The largest absolute Gasteiger partial charge is 0.481 e. The van der Waals surface area contributed by atoms with Gasteiger partial charge in [-0.15, -0.1) is 0 Å². The first-order chi connectivity index (χ1) is 9.97. The summed E-state index contributed by atoms with van der Waals surface area (Å²) < 4.78 is 3.11. The zero-order valence-electron chi connectivity index (χ0n) is 12.0. The SMILES string of the molecule is CN(C)CCCn1c(SCC(=O)O)nc2ccc(Br)cc21. The van der Waals surface area contributed by atoms with Gasteiger partial charge in [-0.25, -0.2) is 4.98 Å². The van der Waals surface area contributed by atoms with Gasteiger partial charge in [0.2, 0.25) is 0 Å². The molecule has 114 valence electrons. The zero-order valence-corrected chi connectivity index (χ0v) is 14.4. The smallest absolute Gasteiger partial charge is 0.313 e. The molecule has 1 aromatic carbocycles. The number of carbonyl (C=O) groups is 1. The Balaban J connectivity index is 2.28. The summed E-state index contributed by atoms with van der Waals surface area (Å²) in [7, 11) is 4.09. The molecule has 21 heavy (non-hydrogen) atoms. The van der Waals surface area contributed by atoms with Crippen LogP contribution in [0.25, 0.3) is 11.0 Å². The van der Waals surface area contributed by atoms with Gasteiger partial charge < -0.3 is 14.6 Å². The van der Waals surface area contributed by atoms with Crippen LogP contribution in [-0.2, 0) is 11.3 Å². The number of carboxylic acids is 1. The van der Waals surface area contributed by atoms with Crippen molar-refractivity contribution in [3.8, 4) is 0 Å². The standard InChI is InChI=1S/C14H18BrN3O2S/c1-17(2)6-3-7-18-12-8-10(15)4-5-11(12)16-14(18)21-9-13(19)20/h4-5,8H,3,6-7,9H2,1-2H3,(H,19,20). The maximum absolute atomic E-state index is 10.8. The second kappa shape index (κ2) is 7.29. The maximum atomic E-state index is 10.8. The first-order valence-corrected chi connectivity index (χ1v) is 8.40. The quantitative estimate of drug-likeness (QED) is 0.758. The van der Waals surface area contributed by atoms with Crippen LogP contribution in [0.1, 0.15) is 6.42 Å². The third-order valence-electron chi connectivity index (χ3n) is 2.99. The van der Waals surface area contributed by atoms with E-state index < -0.39 is 5.97 Å². The van der Waals surface area contributed by atoms with Crippen molar-refractivity contribution in [3.63, 3.8) is 0 Å². The van der Waals surface area contributed by atoms with Crippen molar-refractivity contribution in [2.75, 3.05) is 26.4 Å². The van der Waals surface area contributed by atoms with Gasteiger partial charge in [-0.3, -0.25) is 4.79 Å². The Morgan fingerprint density at radius 1 is 1.48 bits per heavy atom. The number of thioether (sulfide) groups is 1. The number of imidazole rings is 1. The molecule has 0 spiro atoms. The average molecular weight is 372 g/mol. The maximum Gasteiger partial charge on any atom is 0.313 e. The van der Waals surface area contributed by atoms with Crippen LogP contribution in [0.4, 0.5) is 0 Å². The number of fused-ring (bicyclic) bond motifs is 1. The van der Waals surface area contributed by atoms with Crippen molar-refractivity contribution in [2.45, 2.75) is 18.1 Å². The van der Waals surface area contributed by atoms with Gasteiger partial charge in [0.1, 0.15) is 0 Å². The molecule has 0 bridgehead atoms. The highest BCUT2D eigenvalue weighted by Gasteiger charge is 2.13. The summed E-state index contributed by atoms with van der Waals surface area (Å²) in [5.41, 5.74) is 1.94. The summed E-state index contributed by atoms with van der Waals surface area (Å²) in [5.74, 6) is -0.800. The molecule has 1 N–H and O–H groups in total. The van der Waals surface area contributed by atoms with E-state index in [0.717, 1.165) is 40.2 Å². The first kappa shape index (κ1) is 16.3. The Morgan fingerprint density at radius 2 is 2.24 bits per heavy atom. The fourth-order valence-corrected chi connectivity index (χ4v) is 3.18. The van der Waals surface area contributed by atoms with E-state index in [1.54, 1.807) is 0 Å². The molecule has 0 saturated heterocycles. The van der Waals surface area contributed by atoms with Crippen LogP contribution in [0.3, 0.4) is 0 Å². The summed E-state index contributed by atoms with van der Waals surface area (Å²) in [6.45, 7) is 1.81. The number of hydrogen-bond acceptors (Lipinski definition) is 4. The minimum absolute atomic E-state index is 0.0260. The van der Waals surface area contributed by atoms with Crippen LogP contribution in [0.2, 0.25) is 0 Å². The number of aromatic nitrogens is 2. The molecule has 2 rings (SSSR count). The lowest BCUT2D eigenvalue weighted by Crippen LogP contribution is -2.15. The van der Waals surface area contributed by atoms with Crippen LogP contribution in [-0.4, -0.2) is 51.9 Å². The van der Waals surface area contributed by atoms with Crippen LogP contribution < -0.4 is 0 Å². The van der Waals surface area contributed by atoms with Crippen molar-refractivity contribution in [2.24, 2.45) is 0 Å². The van der Waals surface area contributed by atoms with E-state index >= 15 is 0 Å². The normalized spacial score (nSPS) is 11.4. The molecular formula is C14H18BrN3O2S. The molecule has 0 aliphatic rings. The van der Waals surface area contributed by atoms with Gasteiger partial charge in [-0.2, -0.15) is 0 Å². The molecule has 7 heteroatoms. The Bertz CT molecular complexity index is 642. The molecule has 0 aliphatic heterocycles. The molecule has 0 fully saturated rings. The first-order valence-electron chi connectivity index (χ1n) is 6.62. The van der Waals surface area contributed by atoms with Gasteiger partial charge in [0.15, 0.2) is 5.16 Å². The Labute approximate surface area is 136 Å². The minimum atomic E-state index is -0.826. The van der Waals surface area contributed by atoms with E-state index in [4.69, 9.17) is 5.11 Å². The van der Waals surface area contributed by atoms with Crippen LogP contribution in [0.15, 0.2) is 27.8 Å². The van der Waals surface area contributed by atoms with Crippen molar-refractivity contribution in [1.82, 2.24) is 14.5 Å². The topological polar surface area (TPSA) is 58.4 Å². The highest BCUT2D eigenvalue weighted by Crippen LogP contribution is 2.26. The number of aliphatic carboxylic acids is 1. The number of nitrogens with zero attached hydrogens (tertiary/aromatic N) is 3. The van der Waals surface area contributed by atoms with Gasteiger partial charge in [0.25, 0.3) is 0 Å². The predicted octanol–water partition coefficient (Wildman–Crippen LogP) is 2.93. The number of benzene rings is 1. The number of hydrogen-bond donors (Lipinski definition) is 1. The van der Waals surface area contributed by atoms with E-state index in [2.05, 4.69) is 30.4 Å². The Morgan fingerprint density at radius 3 is 2.90 bits per heavy atom. The third kappa shape index (κ3) is 4.46. The predicted molar refractivity (Wildman–Crippen MR) is 89.0 cm³/mol. The summed E-state index contributed by atoms with van der Waals surface area (Å²) >= 11 is 4.75. The molecule has 2 aromatic rings. The van der Waals surface area contributed by atoms with Gasteiger partial charge >= 0.3 is 5.97 Å². The molecule has 0 unspecified atom stereocenters. The monoisotopic (exact) mass is 371 g/mol. The van der Waals surface area contributed by atoms with Crippen molar-refractivity contribution >= 4 is 44.7 Å². The van der Waals surface area contributed by atoms with Gasteiger partial charge in [0, 0.05) is 11.0 Å². The summed E-state index contributed by atoms with van der Waals surface area (Å²) in [4.78, 5) is 17.5. The lowest BCUT2D eigenvalue weighted by atomic mass is 10.3. The molecule has 0 atom stereocenters. The second-order valence-electron chi connectivity index (χ2n) is 5.02. The van der Waals surface area contributed by atoms with Crippen molar-refractivity contribution in [3.05, 3.63) is 22.7 Å². The van der Waals surface area contributed by atoms with E-state index in [-0.39, 0.29) is 5.75 Å². The van der Waals surface area contributed by atoms with Gasteiger partial charge in [-0.05, 0) is 45.3 Å². The van der Waals surface area contributed by atoms with Crippen molar-refractivity contribution < 1.29 is 9.90 Å². The summed E-state index contributed by atoms with van der Waals surface area (Å²) in [6.07, 6.45) is 0.992. The number of carboxylic acid groups (broad SMARTS) is 1. The third-order valence-corrected chi connectivity index (χ3v) is 4.44. The minimum Gasteiger partial charge on any atom is -0.481 e. The number of aryl methyl sites for hydroxylation is 1. The fraction of sp³-hybridized carbons (Fsp3) is 0.429. The lowest BCUT2D eigenvalue weighted by molar-refractivity contribution is -0.133. The summed E-state index contributed by atoms with van der Waals surface area (Å²) in [6, 6.07) is 5.93. The van der Waals surface area contributed by atoms with Crippen LogP contribution >= 0.6 is 27.7 Å². The van der Waals surface area contributed by atoms with E-state index in [9.17, 15) is 4.79 Å². The van der Waals surface area contributed by atoms with Crippen molar-refractivity contribution in [1.29, 1.82) is 0 Å². The number of rotatable bonds is 7. The molecule has 0 saturated carbocycles. The van der Waals surface area contributed by atoms with Gasteiger partial charge in [0.05, 0.1) is 16.8 Å². The van der Waals surface area contributed by atoms with Crippen LogP contribution in [0, 0.1) is 0 Å². The molecule has 0 aliphatic carbocycles. The van der Waals surface area contributed by atoms with Gasteiger partial charge in [-0.1, -0.05) is 27.7 Å². The molecule has 0 radical (unpaired) electrons. The highest BCUT2D eigenvalue weighted by atomic mass is 79.9. The second-order valence-corrected chi connectivity index (χ2v) is 6.88. The highest BCUT2D eigenvalue weighted by molar-refractivity contribution is 9.10. The Kier molecular flexibility index (Phi) is 5.66. The number of halogens is 1. The molecular weight excluding hydrogens is 354 g/mol. The molecule has 5 nitrogen and oxygen atoms in total. The fourth-order valence-electron chi connectivity index (χ4n) is 2.07. The Hall–Kier alpha value is -1.05. The summed E-state index contributed by atoms with van der Waals surface area (Å²) in [5, 5.41) is 9.63.